The van der Waals surface area contributed by atoms with E-state index < -0.39 is 18.7 Å². The lowest BCUT2D eigenvalue weighted by molar-refractivity contribution is -0.0957. The van der Waals surface area contributed by atoms with Crippen LogP contribution >= 0.6 is 0 Å². The van der Waals surface area contributed by atoms with E-state index in [1.165, 1.54) is 0 Å². The topological polar surface area (TPSA) is 63.2 Å². The lowest BCUT2D eigenvalue weighted by Gasteiger charge is -2.21. The Morgan fingerprint density at radius 2 is 1.77 bits per heavy atom. The van der Waals surface area contributed by atoms with Gasteiger partial charge < -0.3 is 15.0 Å². The van der Waals surface area contributed by atoms with Gasteiger partial charge in [-0.25, -0.2) is 4.39 Å². The van der Waals surface area contributed by atoms with E-state index in [9.17, 15) is 13.2 Å². The quantitative estimate of drug-likeness (QED) is 0.725. The van der Waals surface area contributed by atoms with E-state index in [0.717, 1.165) is 12.6 Å². The summed E-state index contributed by atoms with van der Waals surface area (Å²) in [7, 11) is 0. The molecule has 26 heavy (non-hydrogen) atoms. The van der Waals surface area contributed by atoms with Crippen molar-refractivity contribution in [3.8, 4) is 6.01 Å². The summed E-state index contributed by atoms with van der Waals surface area (Å²) in [6.07, 6.45) is -2.34. The second-order valence-corrected chi connectivity index (χ2v) is 5.57. The number of anilines is 3. The number of benzene rings is 1. The van der Waals surface area contributed by atoms with Crippen LogP contribution in [0.1, 0.15) is 20.8 Å². The summed E-state index contributed by atoms with van der Waals surface area (Å²) in [5.74, 6) is -3.19. The molecule has 1 heterocycles. The molecule has 142 valence electrons. The maximum Gasteiger partial charge on any atom is 0.323 e. The van der Waals surface area contributed by atoms with Crippen molar-refractivity contribution in [2.45, 2.75) is 32.9 Å². The number of nitrogens with one attached hydrogen (secondary N) is 1. The van der Waals surface area contributed by atoms with Crippen molar-refractivity contribution in [1.29, 1.82) is 0 Å². The number of hydrogen-bond acceptors (Lipinski definition) is 6. The summed E-state index contributed by atoms with van der Waals surface area (Å²) in [5.41, 5.74) is 0.720. The van der Waals surface area contributed by atoms with Gasteiger partial charge in [0.15, 0.2) is 12.8 Å². The largest absolute Gasteiger partial charge is 0.457 e. The minimum atomic E-state index is -3.63. The smallest absolute Gasteiger partial charge is 0.323 e. The number of rotatable bonds is 9. The predicted octanol–water partition coefficient (Wildman–Crippen LogP) is 3.83. The standard InChI is InChI=1S/C17H22F3N5O/c1-4-25(5-2)15-22-14(21-13-9-7-6-8-10-13)23-16(24-15)26-11-17(19,20)12(3)18/h6-10,12H,4-5,11H2,1-3H3,(H,21,22,23,24). The molecule has 0 fully saturated rings. The third-order valence-corrected chi connectivity index (χ3v) is 3.65. The number of para-hydroxylation sites is 1. The maximum absolute atomic E-state index is 13.5. The molecule has 1 atom stereocenters. The van der Waals surface area contributed by atoms with Crippen LogP contribution in [0.15, 0.2) is 30.3 Å². The van der Waals surface area contributed by atoms with Crippen molar-refractivity contribution in [2.75, 3.05) is 29.9 Å². The van der Waals surface area contributed by atoms with Crippen LogP contribution in [0.5, 0.6) is 6.01 Å². The van der Waals surface area contributed by atoms with E-state index in [2.05, 4.69) is 20.3 Å². The Morgan fingerprint density at radius 1 is 1.12 bits per heavy atom. The molecule has 6 nitrogen and oxygen atoms in total. The fraction of sp³-hybridized carbons (Fsp3) is 0.471. The molecule has 0 bridgehead atoms. The van der Waals surface area contributed by atoms with Gasteiger partial charge in [0.25, 0.3) is 0 Å². The van der Waals surface area contributed by atoms with Crippen molar-refractivity contribution in [3.63, 3.8) is 0 Å². The van der Waals surface area contributed by atoms with Crippen LogP contribution in [-0.4, -0.2) is 46.7 Å². The highest BCUT2D eigenvalue weighted by Crippen LogP contribution is 2.24. The number of nitrogens with zero attached hydrogens (tertiary/aromatic N) is 4. The Kier molecular flexibility index (Phi) is 6.59. The predicted molar refractivity (Wildman–Crippen MR) is 94.1 cm³/mol. The molecule has 9 heteroatoms. The van der Waals surface area contributed by atoms with Gasteiger partial charge in [0.1, 0.15) is 0 Å². The molecule has 0 spiro atoms. The molecule has 0 saturated heterocycles. The van der Waals surface area contributed by atoms with E-state index in [1.54, 1.807) is 12.1 Å². The van der Waals surface area contributed by atoms with Gasteiger partial charge in [-0.15, -0.1) is 0 Å². The molecule has 1 aromatic heterocycles. The fourth-order valence-corrected chi connectivity index (χ4v) is 2.04. The molecule has 0 aliphatic rings. The average molecular weight is 369 g/mol. The Balaban J connectivity index is 2.28. The summed E-state index contributed by atoms with van der Waals surface area (Å²) < 4.78 is 44.9. The van der Waals surface area contributed by atoms with Gasteiger partial charge >= 0.3 is 11.9 Å². The first-order chi connectivity index (χ1) is 12.4. The first-order valence-electron chi connectivity index (χ1n) is 8.33. The number of halogens is 3. The summed E-state index contributed by atoms with van der Waals surface area (Å²) in [6, 6.07) is 8.83. The van der Waals surface area contributed by atoms with E-state index in [4.69, 9.17) is 4.74 Å². The van der Waals surface area contributed by atoms with Gasteiger partial charge in [-0.3, -0.25) is 0 Å². The normalized spacial score (nSPS) is 12.5. The van der Waals surface area contributed by atoms with E-state index >= 15 is 0 Å². The van der Waals surface area contributed by atoms with Crippen molar-refractivity contribution < 1.29 is 17.9 Å². The van der Waals surface area contributed by atoms with Gasteiger partial charge in [0, 0.05) is 18.8 Å². The van der Waals surface area contributed by atoms with Crippen LogP contribution in [0, 0.1) is 0 Å². The average Bonchev–Trinajstić information content (AvgIpc) is 2.62. The highest BCUT2D eigenvalue weighted by atomic mass is 19.3. The molecule has 1 N–H and O–H groups in total. The SMILES string of the molecule is CCN(CC)c1nc(Nc2ccccc2)nc(OCC(F)(F)C(C)F)n1. The van der Waals surface area contributed by atoms with Crippen LogP contribution in [0.4, 0.5) is 30.8 Å². The Hall–Kier alpha value is -2.58. The number of ether oxygens (including phenoxy) is 1. The zero-order valence-electron chi connectivity index (χ0n) is 14.9. The lowest BCUT2D eigenvalue weighted by atomic mass is 10.2. The van der Waals surface area contributed by atoms with Crippen LogP contribution in [0.3, 0.4) is 0 Å². The molecular formula is C17H22F3N5O. The third-order valence-electron chi connectivity index (χ3n) is 3.65. The summed E-state index contributed by atoms with van der Waals surface area (Å²) in [6.45, 7) is 4.68. The Labute approximate surface area is 150 Å². The molecule has 2 rings (SSSR count). The molecule has 0 amide bonds. The van der Waals surface area contributed by atoms with E-state index in [1.807, 2.05) is 36.9 Å². The summed E-state index contributed by atoms with van der Waals surface area (Å²) in [5, 5.41) is 2.98. The van der Waals surface area contributed by atoms with Crippen molar-refractivity contribution in [2.24, 2.45) is 0 Å². The molecule has 0 saturated carbocycles. The zero-order chi connectivity index (χ0) is 19.2. The van der Waals surface area contributed by atoms with Crippen LogP contribution in [-0.2, 0) is 0 Å². The van der Waals surface area contributed by atoms with Gasteiger partial charge in [-0.1, -0.05) is 18.2 Å². The van der Waals surface area contributed by atoms with Gasteiger partial charge in [0.05, 0.1) is 0 Å². The first-order valence-corrected chi connectivity index (χ1v) is 8.33. The first kappa shape index (κ1) is 19.7. The fourth-order valence-electron chi connectivity index (χ4n) is 2.04. The zero-order valence-corrected chi connectivity index (χ0v) is 14.9. The second-order valence-electron chi connectivity index (χ2n) is 5.57. The van der Waals surface area contributed by atoms with Crippen LogP contribution in [0.2, 0.25) is 0 Å². The van der Waals surface area contributed by atoms with Gasteiger partial charge in [-0.2, -0.15) is 23.7 Å². The van der Waals surface area contributed by atoms with E-state index in [0.29, 0.717) is 13.1 Å². The molecule has 0 aliphatic carbocycles. The minimum absolute atomic E-state index is 0.153. The Bertz CT molecular complexity index is 696. The molecular weight excluding hydrogens is 347 g/mol. The molecule has 0 radical (unpaired) electrons. The number of aromatic nitrogens is 3. The van der Waals surface area contributed by atoms with Gasteiger partial charge in [0.2, 0.25) is 11.9 Å². The molecule has 2 aromatic rings. The van der Waals surface area contributed by atoms with Crippen molar-refractivity contribution in [3.05, 3.63) is 30.3 Å². The highest BCUT2D eigenvalue weighted by molar-refractivity contribution is 5.54. The molecule has 0 aliphatic heterocycles. The highest BCUT2D eigenvalue weighted by Gasteiger charge is 2.38. The van der Waals surface area contributed by atoms with Crippen LogP contribution in [0.25, 0.3) is 0 Å². The number of alkyl halides is 3. The monoisotopic (exact) mass is 369 g/mol. The maximum atomic E-state index is 13.5. The summed E-state index contributed by atoms with van der Waals surface area (Å²) in [4.78, 5) is 14.2. The second kappa shape index (κ2) is 8.68. The van der Waals surface area contributed by atoms with Crippen LogP contribution < -0.4 is 15.0 Å². The van der Waals surface area contributed by atoms with E-state index in [-0.39, 0.29) is 17.9 Å². The summed E-state index contributed by atoms with van der Waals surface area (Å²) >= 11 is 0. The lowest BCUT2D eigenvalue weighted by Crippen LogP contribution is -2.35. The Morgan fingerprint density at radius 3 is 2.35 bits per heavy atom. The number of hydrogen-bond donors (Lipinski definition) is 1. The van der Waals surface area contributed by atoms with Gasteiger partial charge in [-0.05, 0) is 32.9 Å². The third kappa shape index (κ3) is 5.21. The molecule has 1 aromatic carbocycles. The molecule has 1 unspecified atom stereocenters. The minimum Gasteiger partial charge on any atom is -0.457 e. The van der Waals surface area contributed by atoms with Crippen molar-refractivity contribution in [1.82, 2.24) is 15.0 Å². The van der Waals surface area contributed by atoms with Crippen molar-refractivity contribution >= 4 is 17.6 Å².